The number of para-hydroxylation sites is 1. The molecule has 2 amide bonds. The molecule has 2 aliphatic rings. The summed E-state index contributed by atoms with van der Waals surface area (Å²) < 4.78 is 1.21. The van der Waals surface area contributed by atoms with Crippen molar-refractivity contribution in [1.29, 1.82) is 0 Å². The lowest BCUT2D eigenvalue weighted by Gasteiger charge is -2.46. The third kappa shape index (κ3) is 3.87. The summed E-state index contributed by atoms with van der Waals surface area (Å²) in [6.45, 7) is 3.20. The van der Waals surface area contributed by atoms with Crippen molar-refractivity contribution < 1.29 is 9.59 Å². The summed E-state index contributed by atoms with van der Waals surface area (Å²) >= 11 is 1.69. The Labute approximate surface area is 196 Å². The fourth-order valence-electron chi connectivity index (χ4n) is 4.90. The van der Waals surface area contributed by atoms with Crippen molar-refractivity contribution in [2.24, 2.45) is 0 Å². The first kappa shape index (κ1) is 20.3. The molecule has 2 aromatic heterocycles. The molecule has 0 spiro atoms. The lowest BCUT2D eigenvalue weighted by atomic mass is 10.1. The second-order valence-electron chi connectivity index (χ2n) is 8.78. The van der Waals surface area contributed by atoms with E-state index in [1.165, 1.54) is 10.1 Å². The lowest BCUT2D eigenvalue weighted by Crippen LogP contribution is -2.66. The molecule has 2 saturated heterocycles. The molecule has 4 aromatic rings. The van der Waals surface area contributed by atoms with Gasteiger partial charge in [0, 0.05) is 41.1 Å². The zero-order valence-corrected chi connectivity index (χ0v) is 19.0. The number of benzene rings is 2. The monoisotopic (exact) mass is 456 g/mol. The second kappa shape index (κ2) is 8.24. The number of carbonyl (C=O) groups is 2. The number of aromatic nitrogens is 1. The maximum atomic E-state index is 13.4. The summed E-state index contributed by atoms with van der Waals surface area (Å²) in [5.41, 5.74) is 1.96. The summed E-state index contributed by atoms with van der Waals surface area (Å²) in [6.07, 6.45) is 0. The van der Waals surface area contributed by atoms with E-state index >= 15 is 0 Å². The van der Waals surface area contributed by atoms with E-state index in [2.05, 4.69) is 41.3 Å². The third-order valence-corrected chi connectivity index (χ3v) is 7.67. The van der Waals surface area contributed by atoms with Crippen LogP contribution in [0.25, 0.3) is 21.0 Å². The van der Waals surface area contributed by atoms with Gasteiger partial charge in [-0.3, -0.25) is 19.5 Å². The first-order valence-corrected chi connectivity index (χ1v) is 12.1. The molecule has 2 fully saturated rings. The molecule has 33 heavy (non-hydrogen) atoms. The Morgan fingerprint density at radius 2 is 1.73 bits per heavy atom. The molecule has 166 valence electrons. The number of nitrogens with zero attached hydrogens (tertiary/aromatic N) is 4. The van der Waals surface area contributed by atoms with Crippen molar-refractivity contribution in [1.82, 2.24) is 19.7 Å². The highest BCUT2D eigenvalue weighted by atomic mass is 32.1. The fraction of sp³-hybridized carbons (Fsp3) is 0.269. The number of pyridine rings is 1. The number of thiophene rings is 1. The van der Waals surface area contributed by atoms with Gasteiger partial charge in [-0.15, -0.1) is 11.3 Å². The van der Waals surface area contributed by atoms with Crippen LogP contribution in [0, 0.1) is 0 Å². The van der Waals surface area contributed by atoms with Crippen LogP contribution in [0.1, 0.15) is 10.6 Å². The van der Waals surface area contributed by atoms with Gasteiger partial charge in [-0.2, -0.15) is 0 Å². The van der Waals surface area contributed by atoms with Gasteiger partial charge in [-0.05, 0) is 29.7 Å². The number of hydrogen-bond donors (Lipinski definition) is 0. The molecule has 0 N–H and O–H groups in total. The molecule has 0 aliphatic carbocycles. The minimum Gasteiger partial charge on any atom is -0.327 e. The van der Waals surface area contributed by atoms with Gasteiger partial charge in [0.2, 0.25) is 11.8 Å². The number of amides is 2. The van der Waals surface area contributed by atoms with Crippen LogP contribution < -0.4 is 0 Å². The van der Waals surface area contributed by atoms with Crippen LogP contribution in [0.4, 0.5) is 0 Å². The van der Waals surface area contributed by atoms with E-state index in [9.17, 15) is 9.59 Å². The molecule has 6 rings (SSSR count). The van der Waals surface area contributed by atoms with Crippen LogP contribution in [-0.2, 0) is 22.7 Å². The molecule has 0 saturated carbocycles. The van der Waals surface area contributed by atoms with Crippen LogP contribution in [0.2, 0.25) is 0 Å². The van der Waals surface area contributed by atoms with E-state index in [0.717, 1.165) is 28.0 Å². The lowest BCUT2D eigenvalue weighted by molar-refractivity contribution is -0.160. The van der Waals surface area contributed by atoms with Crippen LogP contribution in [0.5, 0.6) is 0 Å². The summed E-state index contributed by atoms with van der Waals surface area (Å²) in [5.74, 6) is 0.0902. The van der Waals surface area contributed by atoms with Gasteiger partial charge in [0.25, 0.3) is 0 Å². The second-order valence-corrected chi connectivity index (χ2v) is 9.95. The third-order valence-electron chi connectivity index (χ3n) is 6.57. The molecule has 1 unspecified atom stereocenters. The number of rotatable bonds is 4. The molecule has 6 nitrogen and oxygen atoms in total. The predicted octanol–water partition coefficient (Wildman–Crippen LogP) is 3.50. The molecule has 0 radical (unpaired) electrons. The normalized spacial score (nSPS) is 19.5. The van der Waals surface area contributed by atoms with Crippen molar-refractivity contribution in [2.45, 2.75) is 19.1 Å². The zero-order valence-electron chi connectivity index (χ0n) is 18.2. The molecular formula is C26H24N4O2S. The minimum absolute atomic E-state index is 0.0447. The van der Waals surface area contributed by atoms with Crippen molar-refractivity contribution >= 4 is 44.1 Å². The van der Waals surface area contributed by atoms with E-state index in [4.69, 9.17) is 4.98 Å². The molecule has 4 heterocycles. The average Bonchev–Trinajstić information content (AvgIpc) is 3.25. The Hall–Kier alpha value is -3.29. The molecule has 7 heteroatoms. The maximum Gasteiger partial charge on any atom is 0.247 e. The highest BCUT2D eigenvalue weighted by Gasteiger charge is 2.42. The molecule has 2 aliphatic heterocycles. The van der Waals surface area contributed by atoms with Gasteiger partial charge in [0.05, 0.1) is 17.8 Å². The first-order valence-electron chi connectivity index (χ1n) is 11.3. The smallest absolute Gasteiger partial charge is 0.247 e. The van der Waals surface area contributed by atoms with E-state index in [-0.39, 0.29) is 18.4 Å². The summed E-state index contributed by atoms with van der Waals surface area (Å²) in [7, 11) is 0. The van der Waals surface area contributed by atoms with Crippen molar-refractivity contribution in [3.8, 4) is 0 Å². The molecule has 0 bridgehead atoms. The summed E-state index contributed by atoms with van der Waals surface area (Å²) in [6, 6.07) is 22.2. The van der Waals surface area contributed by atoms with Crippen molar-refractivity contribution in [3.63, 3.8) is 0 Å². The van der Waals surface area contributed by atoms with Gasteiger partial charge in [-0.1, -0.05) is 42.5 Å². The Bertz CT molecular complexity index is 1330. The van der Waals surface area contributed by atoms with E-state index in [0.29, 0.717) is 26.2 Å². The standard InChI is InChI=1S/C26H24N4O2S/c31-25-17-29(15-21-13-19-6-2-4-8-24(19)33-21)26(32)23-16-28(11-12-30(23)25)14-20-10-9-18-5-1-3-7-22(18)27-20/h1-10,13,23H,11-12,14-17H2. The van der Waals surface area contributed by atoms with Crippen LogP contribution in [0.15, 0.2) is 66.7 Å². The van der Waals surface area contributed by atoms with Gasteiger partial charge in [0.15, 0.2) is 0 Å². The molecular weight excluding hydrogens is 432 g/mol. The maximum absolute atomic E-state index is 13.4. The van der Waals surface area contributed by atoms with Crippen LogP contribution in [-0.4, -0.2) is 63.7 Å². The number of carbonyl (C=O) groups excluding carboxylic acids is 2. The highest BCUT2D eigenvalue weighted by molar-refractivity contribution is 7.19. The fourth-order valence-corrected chi connectivity index (χ4v) is 5.98. The quantitative estimate of drug-likeness (QED) is 0.472. The van der Waals surface area contributed by atoms with E-state index in [1.54, 1.807) is 21.1 Å². The van der Waals surface area contributed by atoms with Crippen molar-refractivity contribution in [2.75, 3.05) is 26.2 Å². The van der Waals surface area contributed by atoms with Gasteiger partial charge >= 0.3 is 0 Å². The number of hydrogen-bond acceptors (Lipinski definition) is 5. The number of fused-ring (bicyclic) bond motifs is 3. The van der Waals surface area contributed by atoms with Gasteiger partial charge in [-0.25, -0.2) is 0 Å². The van der Waals surface area contributed by atoms with E-state index < -0.39 is 6.04 Å². The summed E-state index contributed by atoms with van der Waals surface area (Å²) in [5, 5.41) is 2.30. The summed E-state index contributed by atoms with van der Waals surface area (Å²) in [4.78, 5) is 37.9. The Morgan fingerprint density at radius 3 is 2.61 bits per heavy atom. The van der Waals surface area contributed by atoms with Gasteiger partial charge < -0.3 is 9.80 Å². The zero-order chi connectivity index (χ0) is 22.4. The van der Waals surface area contributed by atoms with Gasteiger partial charge in [0.1, 0.15) is 12.6 Å². The minimum atomic E-state index is -0.421. The Kier molecular flexibility index (Phi) is 5.08. The number of piperazine rings is 2. The average molecular weight is 457 g/mol. The van der Waals surface area contributed by atoms with Crippen molar-refractivity contribution in [3.05, 3.63) is 77.3 Å². The molecule has 1 atom stereocenters. The largest absolute Gasteiger partial charge is 0.327 e. The Balaban J connectivity index is 1.18. The van der Waals surface area contributed by atoms with Crippen LogP contribution in [0.3, 0.4) is 0 Å². The SMILES string of the molecule is O=C1C2CN(Cc3ccc4ccccc4n3)CCN2C(=O)CN1Cc1cc2ccccc2s1. The topological polar surface area (TPSA) is 56.8 Å². The van der Waals surface area contributed by atoms with E-state index in [1.807, 2.05) is 30.3 Å². The highest BCUT2D eigenvalue weighted by Crippen LogP contribution is 2.28. The first-order chi connectivity index (χ1) is 16.1. The van der Waals surface area contributed by atoms with Crippen LogP contribution >= 0.6 is 11.3 Å². The molecule has 2 aromatic carbocycles. The Morgan fingerprint density at radius 1 is 0.909 bits per heavy atom. The predicted molar refractivity (Wildman–Crippen MR) is 130 cm³/mol.